The smallest absolute Gasteiger partial charge is 0.222 e. The van der Waals surface area contributed by atoms with Crippen molar-refractivity contribution in [3.63, 3.8) is 0 Å². The Balaban J connectivity index is 1.45. The molecule has 0 spiro atoms. The first kappa shape index (κ1) is 18.8. The van der Waals surface area contributed by atoms with Gasteiger partial charge in [0.15, 0.2) is 0 Å². The lowest BCUT2D eigenvalue weighted by atomic mass is 10.0. The van der Waals surface area contributed by atoms with E-state index in [0.717, 1.165) is 62.6 Å². The molecule has 144 valence electrons. The van der Waals surface area contributed by atoms with Crippen molar-refractivity contribution in [2.45, 2.75) is 38.1 Å². The van der Waals surface area contributed by atoms with Gasteiger partial charge in [0, 0.05) is 49.4 Å². The average Bonchev–Trinajstić information content (AvgIpc) is 3.20. The molecule has 26 heavy (non-hydrogen) atoms. The minimum absolute atomic E-state index is 0.318. The van der Waals surface area contributed by atoms with E-state index in [0.29, 0.717) is 24.3 Å². The number of benzene rings is 1. The first-order valence-electron chi connectivity index (χ1n) is 9.66. The Labute approximate surface area is 156 Å². The van der Waals surface area contributed by atoms with E-state index in [2.05, 4.69) is 10.6 Å². The summed E-state index contributed by atoms with van der Waals surface area (Å²) < 4.78 is 10.7. The number of nitrogens with one attached hydrogen (secondary N) is 2. The molecule has 6 nitrogen and oxygen atoms in total. The van der Waals surface area contributed by atoms with E-state index in [4.69, 9.17) is 9.47 Å². The SMILES string of the molecule is COc1cc(NC2CCN(C(=O)CCC3CCNC3)CC2)cc(OC)c1. The molecular weight excluding hydrogens is 330 g/mol. The topological polar surface area (TPSA) is 62.8 Å². The summed E-state index contributed by atoms with van der Waals surface area (Å²) in [5.41, 5.74) is 1.000. The normalized spacial score (nSPS) is 20.8. The van der Waals surface area contributed by atoms with Gasteiger partial charge in [-0.05, 0) is 44.7 Å². The molecule has 3 rings (SSSR count). The number of ether oxygens (including phenoxy) is 2. The fraction of sp³-hybridized carbons (Fsp3) is 0.650. The van der Waals surface area contributed by atoms with E-state index in [1.54, 1.807) is 14.2 Å². The predicted molar refractivity (Wildman–Crippen MR) is 103 cm³/mol. The minimum Gasteiger partial charge on any atom is -0.497 e. The zero-order chi connectivity index (χ0) is 18.4. The van der Waals surface area contributed by atoms with Crippen LogP contribution in [0.1, 0.15) is 32.1 Å². The van der Waals surface area contributed by atoms with Crippen LogP contribution in [0.4, 0.5) is 5.69 Å². The van der Waals surface area contributed by atoms with Gasteiger partial charge in [-0.25, -0.2) is 0 Å². The van der Waals surface area contributed by atoms with Crippen LogP contribution >= 0.6 is 0 Å². The second-order valence-corrected chi connectivity index (χ2v) is 7.30. The van der Waals surface area contributed by atoms with E-state index in [1.165, 1.54) is 6.42 Å². The second-order valence-electron chi connectivity index (χ2n) is 7.30. The number of nitrogens with zero attached hydrogens (tertiary/aromatic N) is 1. The van der Waals surface area contributed by atoms with E-state index in [9.17, 15) is 4.79 Å². The summed E-state index contributed by atoms with van der Waals surface area (Å²) >= 11 is 0. The number of methoxy groups -OCH3 is 2. The molecule has 0 radical (unpaired) electrons. The number of amides is 1. The van der Waals surface area contributed by atoms with Crippen molar-refractivity contribution in [2.75, 3.05) is 45.7 Å². The quantitative estimate of drug-likeness (QED) is 0.781. The number of rotatable bonds is 7. The summed E-state index contributed by atoms with van der Waals surface area (Å²) in [6.07, 6.45) is 4.86. The Bertz CT molecular complexity index is 572. The molecule has 2 fully saturated rings. The van der Waals surface area contributed by atoms with Crippen molar-refractivity contribution in [1.82, 2.24) is 10.2 Å². The van der Waals surface area contributed by atoms with Gasteiger partial charge >= 0.3 is 0 Å². The summed E-state index contributed by atoms with van der Waals surface area (Å²) in [5, 5.41) is 6.93. The zero-order valence-corrected chi connectivity index (χ0v) is 15.9. The molecule has 1 atom stereocenters. The molecule has 0 aromatic heterocycles. The molecule has 2 saturated heterocycles. The van der Waals surface area contributed by atoms with Crippen molar-refractivity contribution in [3.8, 4) is 11.5 Å². The average molecular weight is 361 g/mol. The highest BCUT2D eigenvalue weighted by atomic mass is 16.5. The van der Waals surface area contributed by atoms with Crippen LogP contribution in [-0.4, -0.2) is 57.2 Å². The number of carbonyl (C=O) groups is 1. The van der Waals surface area contributed by atoms with Crippen LogP contribution in [0.15, 0.2) is 18.2 Å². The maximum absolute atomic E-state index is 12.4. The lowest BCUT2D eigenvalue weighted by molar-refractivity contribution is -0.132. The van der Waals surface area contributed by atoms with E-state index < -0.39 is 0 Å². The van der Waals surface area contributed by atoms with Gasteiger partial charge in [-0.3, -0.25) is 4.79 Å². The number of anilines is 1. The van der Waals surface area contributed by atoms with Gasteiger partial charge in [-0.1, -0.05) is 0 Å². The molecule has 2 aliphatic heterocycles. The van der Waals surface area contributed by atoms with Crippen molar-refractivity contribution in [3.05, 3.63) is 18.2 Å². The third-order valence-electron chi connectivity index (χ3n) is 5.50. The van der Waals surface area contributed by atoms with Crippen LogP contribution in [0.25, 0.3) is 0 Å². The molecule has 2 aliphatic rings. The largest absolute Gasteiger partial charge is 0.497 e. The lowest BCUT2D eigenvalue weighted by Gasteiger charge is -2.33. The number of piperidine rings is 1. The van der Waals surface area contributed by atoms with Crippen molar-refractivity contribution >= 4 is 11.6 Å². The van der Waals surface area contributed by atoms with Crippen LogP contribution in [-0.2, 0) is 4.79 Å². The third-order valence-corrected chi connectivity index (χ3v) is 5.50. The van der Waals surface area contributed by atoms with Gasteiger partial charge in [-0.15, -0.1) is 0 Å². The van der Waals surface area contributed by atoms with E-state index >= 15 is 0 Å². The predicted octanol–water partition coefficient (Wildman–Crippen LogP) is 2.50. The van der Waals surface area contributed by atoms with Crippen molar-refractivity contribution in [2.24, 2.45) is 5.92 Å². The highest BCUT2D eigenvalue weighted by Gasteiger charge is 2.24. The Hall–Kier alpha value is -1.95. The minimum atomic E-state index is 0.318. The Morgan fingerprint density at radius 1 is 1.15 bits per heavy atom. The summed E-state index contributed by atoms with van der Waals surface area (Å²) in [6.45, 7) is 3.84. The molecule has 0 saturated carbocycles. The molecule has 1 aromatic rings. The van der Waals surface area contributed by atoms with Crippen molar-refractivity contribution in [1.29, 1.82) is 0 Å². The maximum atomic E-state index is 12.4. The van der Waals surface area contributed by atoms with Gasteiger partial charge in [0.2, 0.25) is 5.91 Å². The monoisotopic (exact) mass is 361 g/mol. The summed E-state index contributed by atoms with van der Waals surface area (Å²) in [4.78, 5) is 14.5. The Kier molecular flexibility index (Phi) is 6.61. The van der Waals surface area contributed by atoms with Crippen LogP contribution in [0, 0.1) is 5.92 Å². The number of likely N-dealkylation sites (tertiary alicyclic amines) is 1. The molecule has 6 heteroatoms. The van der Waals surface area contributed by atoms with Gasteiger partial charge in [-0.2, -0.15) is 0 Å². The third kappa shape index (κ3) is 5.04. The van der Waals surface area contributed by atoms with Gasteiger partial charge < -0.3 is 25.0 Å². The highest BCUT2D eigenvalue weighted by molar-refractivity contribution is 5.76. The van der Waals surface area contributed by atoms with Crippen LogP contribution in [0.5, 0.6) is 11.5 Å². The summed E-state index contributed by atoms with van der Waals surface area (Å²) in [6, 6.07) is 6.20. The molecule has 1 amide bonds. The first-order valence-corrected chi connectivity index (χ1v) is 9.66. The molecule has 0 bridgehead atoms. The second kappa shape index (κ2) is 9.12. The number of carbonyl (C=O) groups excluding carboxylic acids is 1. The number of hydrogen-bond donors (Lipinski definition) is 2. The molecule has 2 N–H and O–H groups in total. The highest BCUT2D eigenvalue weighted by Crippen LogP contribution is 2.27. The van der Waals surface area contributed by atoms with E-state index in [-0.39, 0.29) is 0 Å². The summed E-state index contributed by atoms with van der Waals surface area (Å²) in [7, 11) is 3.31. The van der Waals surface area contributed by atoms with Crippen LogP contribution < -0.4 is 20.1 Å². The standard InChI is InChI=1S/C20H31N3O3/c1-25-18-11-17(12-19(13-18)26-2)22-16-6-9-23(10-7-16)20(24)4-3-15-5-8-21-14-15/h11-13,15-16,21-22H,3-10,14H2,1-2H3. The Morgan fingerprint density at radius 3 is 2.42 bits per heavy atom. The molecule has 1 unspecified atom stereocenters. The fourth-order valence-electron chi connectivity index (χ4n) is 3.85. The Morgan fingerprint density at radius 2 is 1.85 bits per heavy atom. The fourth-order valence-corrected chi connectivity index (χ4v) is 3.85. The van der Waals surface area contributed by atoms with Gasteiger partial charge in [0.05, 0.1) is 14.2 Å². The van der Waals surface area contributed by atoms with Crippen LogP contribution in [0.2, 0.25) is 0 Å². The molecule has 2 heterocycles. The molecule has 0 aliphatic carbocycles. The first-order chi connectivity index (χ1) is 12.7. The molecular formula is C20H31N3O3. The van der Waals surface area contributed by atoms with Crippen LogP contribution in [0.3, 0.4) is 0 Å². The zero-order valence-electron chi connectivity index (χ0n) is 15.9. The lowest BCUT2D eigenvalue weighted by Crippen LogP contribution is -2.42. The molecule has 1 aromatic carbocycles. The van der Waals surface area contributed by atoms with Gasteiger partial charge in [0.25, 0.3) is 0 Å². The summed E-state index contributed by atoms with van der Waals surface area (Å²) in [5.74, 6) is 2.56. The number of hydrogen-bond acceptors (Lipinski definition) is 5. The maximum Gasteiger partial charge on any atom is 0.222 e. The van der Waals surface area contributed by atoms with Crippen molar-refractivity contribution < 1.29 is 14.3 Å². The van der Waals surface area contributed by atoms with E-state index in [1.807, 2.05) is 23.1 Å². The van der Waals surface area contributed by atoms with Gasteiger partial charge in [0.1, 0.15) is 11.5 Å².